The van der Waals surface area contributed by atoms with Gasteiger partial charge in [-0.25, -0.2) is 0 Å². The van der Waals surface area contributed by atoms with Crippen LogP contribution >= 0.6 is 0 Å². The molecule has 0 aliphatic rings. The molecule has 0 amide bonds. The summed E-state index contributed by atoms with van der Waals surface area (Å²) in [4.78, 5) is 13.8. The van der Waals surface area contributed by atoms with Gasteiger partial charge >= 0.3 is 5.97 Å². The maximum absolute atomic E-state index is 11.4. The quantitative estimate of drug-likeness (QED) is 0.644. The first-order valence-electron chi connectivity index (χ1n) is 7.65. The zero-order valence-electron chi connectivity index (χ0n) is 13.0. The summed E-state index contributed by atoms with van der Waals surface area (Å²) in [6, 6.07) is 8.33. The van der Waals surface area contributed by atoms with Crippen molar-refractivity contribution in [3.63, 3.8) is 0 Å². The Hall–Kier alpha value is -1.35. The van der Waals surface area contributed by atoms with Crippen LogP contribution in [0, 0.1) is 0 Å². The third-order valence-electron chi connectivity index (χ3n) is 3.46. The molecule has 0 spiro atoms. The average Bonchev–Trinajstić information content (AvgIpc) is 2.49. The molecule has 0 heterocycles. The summed E-state index contributed by atoms with van der Waals surface area (Å²) in [5.41, 5.74) is 2.35. The van der Waals surface area contributed by atoms with Crippen LogP contribution in [0.2, 0.25) is 0 Å². The zero-order valence-corrected chi connectivity index (χ0v) is 13.0. The maximum Gasteiger partial charge on any atom is 0.306 e. The smallest absolute Gasteiger partial charge is 0.306 e. The highest BCUT2D eigenvalue weighted by atomic mass is 16.5. The Morgan fingerprint density at radius 3 is 2.20 bits per heavy atom. The summed E-state index contributed by atoms with van der Waals surface area (Å²) in [6.07, 6.45) is 2.45. The van der Waals surface area contributed by atoms with Gasteiger partial charge in [-0.2, -0.15) is 0 Å². The number of ether oxygens (including phenoxy) is 1. The number of carbonyl (C=O) groups is 1. The van der Waals surface area contributed by atoms with E-state index in [1.807, 2.05) is 12.1 Å². The second kappa shape index (κ2) is 9.54. The van der Waals surface area contributed by atoms with E-state index in [0.717, 1.165) is 38.0 Å². The second-order valence-corrected chi connectivity index (χ2v) is 5.04. The first-order valence-corrected chi connectivity index (χ1v) is 7.65. The molecule has 0 saturated carbocycles. The zero-order chi connectivity index (χ0) is 14.8. The number of carbonyl (C=O) groups excluding carboxylic acids is 1. The number of nitrogens with zero attached hydrogens (tertiary/aromatic N) is 1. The molecule has 1 aromatic rings. The molecule has 3 heteroatoms. The van der Waals surface area contributed by atoms with Gasteiger partial charge in [0.05, 0.1) is 0 Å². The molecule has 0 N–H and O–H groups in total. The van der Waals surface area contributed by atoms with Crippen molar-refractivity contribution in [3.05, 3.63) is 35.4 Å². The Balaban J connectivity index is 2.40. The molecule has 3 nitrogen and oxygen atoms in total. The van der Waals surface area contributed by atoms with Crippen molar-refractivity contribution in [1.82, 2.24) is 4.90 Å². The van der Waals surface area contributed by atoms with Crippen LogP contribution in [0.25, 0.3) is 0 Å². The van der Waals surface area contributed by atoms with Gasteiger partial charge in [0.15, 0.2) is 0 Å². The van der Waals surface area contributed by atoms with Crippen molar-refractivity contribution >= 4 is 5.97 Å². The van der Waals surface area contributed by atoms with Gasteiger partial charge in [-0.05, 0) is 30.6 Å². The van der Waals surface area contributed by atoms with Crippen LogP contribution in [0.1, 0.15) is 51.2 Å². The Labute approximate surface area is 122 Å². The summed E-state index contributed by atoms with van der Waals surface area (Å²) in [6.45, 7) is 9.90. The number of unbranched alkanes of at least 4 members (excludes halogenated alkanes) is 1. The van der Waals surface area contributed by atoms with E-state index in [1.54, 1.807) is 0 Å². The highest BCUT2D eigenvalue weighted by molar-refractivity contribution is 5.69. The number of rotatable bonds is 9. The Morgan fingerprint density at radius 1 is 1.05 bits per heavy atom. The van der Waals surface area contributed by atoms with Crippen LogP contribution in [-0.4, -0.2) is 24.0 Å². The summed E-state index contributed by atoms with van der Waals surface area (Å²) in [5, 5.41) is 0. The number of hydrogen-bond donors (Lipinski definition) is 0. The van der Waals surface area contributed by atoms with Crippen LogP contribution < -0.4 is 0 Å². The molecule has 0 saturated heterocycles. The van der Waals surface area contributed by atoms with Crippen LogP contribution in [0.15, 0.2) is 24.3 Å². The lowest BCUT2D eigenvalue weighted by molar-refractivity contribution is -0.145. The van der Waals surface area contributed by atoms with Crippen LogP contribution in [0.3, 0.4) is 0 Å². The topological polar surface area (TPSA) is 29.5 Å². The largest absolute Gasteiger partial charge is 0.461 e. The first-order chi connectivity index (χ1) is 9.69. The highest BCUT2D eigenvalue weighted by Gasteiger charge is 2.04. The van der Waals surface area contributed by atoms with Crippen molar-refractivity contribution in [2.24, 2.45) is 0 Å². The minimum Gasteiger partial charge on any atom is -0.461 e. The van der Waals surface area contributed by atoms with Gasteiger partial charge in [-0.1, -0.05) is 51.5 Å². The van der Waals surface area contributed by atoms with E-state index in [9.17, 15) is 4.79 Å². The number of benzene rings is 1. The molecule has 20 heavy (non-hydrogen) atoms. The molecule has 1 rings (SSSR count). The SMILES string of the molecule is CCCCC(=O)OCc1ccc(CN(CC)CC)cc1. The number of hydrogen-bond acceptors (Lipinski definition) is 3. The molecule has 0 fully saturated rings. The Bertz CT molecular complexity index is 382. The van der Waals surface area contributed by atoms with E-state index in [2.05, 4.69) is 37.8 Å². The fourth-order valence-electron chi connectivity index (χ4n) is 2.00. The van der Waals surface area contributed by atoms with E-state index >= 15 is 0 Å². The van der Waals surface area contributed by atoms with Gasteiger partial charge in [0.1, 0.15) is 6.61 Å². The monoisotopic (exact) mass is 277 g/mol. The molecule has 0 atom stereocenters. The minimum absolute atomic E-state index is 0.0981. The van der Waals surface area contributed by atoms with Gasteiger partial charge in [0.2, 0.25) is 0 Å². The maximum atomic E-state index is 11.4. The van der Waals surface area contributed by atoms with Crippen molar-refractivity contribution in [2.75, 3.05) is 13.1 Å². The molecular formula is C17H27NO2. The average molecular weight is 277 g/mol. The summed E-state index contributed by atoms with van der Waals surface area (Å²) in [5.74, 6) is -0.0981. The van der Waals surface area contributed by atoms with Crippen LogP contribution in [0.5, 0.6) is 0 Å². The first kappa shape index (κ1) is 16.7. The van der Waals surface area contributed by atoms with Gasteiger partial charge in [0.25, 0.3) is 0 Å². The fraction of sp³-hybridized carbons (Fsp3) is 0.588. The molecule has 0 radical (unpaired) electrons. The van der Waals surface area contributed by atoms with Crippen LogP contribution in [0.4, 0.5) is 0 Å². The minimum atomic E-state index is -0.0981. The van der Waals surface area contributed by atoms with Crippen molar-refractivity contribution in [2.45, 2.75) is 53.2 Å². The van der Waals surface area contributed by atoms with Crippen LogP contribution in [-0.2, 0) is 22.7 Å². The molecule has 0 unspecified atom stereocenters. The molecule has 0 aromatic heterocycles. The molecule has 0 aliphatic heterocycles. The lowest BCUT2D eigenvalue weighted by Crippen LogP contribution is -2.22. The highest BCUT2D eigenvalue weighted by Crippen LogP contribution is 2.09. The van der Waals surface area contributed by atoms with E-state index in [0.29, 0.717) is 13.0 Å². The molecule has 112 valence electrons. The van der Waals surface area contributed by atoms with Crippen molar-refractivity contribution in [1.29, 1.82) is 0 Å². The predicted molar refractivity (Wildman–Crippen MR) is 82.4 cm³/mol. The third-order valence-corrected chi connectivity index (χ3v) is 3.46. The second-order valence-electron chi connectivity index (χ2n) is 5.04. The molecule has 1 aromatic carbocycles. The summed E-state index contributed by atoms with van der Waals surface area (Å²) < 4.78 is 5.24. The molecule has 0 bridgehead atoms. The lowest BCUT2D eigenvalue weighted by atomic mass is 10.1. The Kier molecular flexibility index (Phi) is 7.97. The standard InChI is InChI=1S/C17H27NO2/c1-4-7-8-17(19)20-14-16-11-9-15(10-12-16)13-18(5-2)6-3/h9-12H,4-8,13-14H2,1-3H3. The van der Waals surface area contributed by atoms with E-state index in [4.69, 9.17) is 4.74 Å². The van der Waals surface area contributed by atoms with Crippen molar-refractivity contribution in [3.8, 4) is 0 Å². The Morgan fingerprint density at radius 2 is 1.65 bits per heavy atom. The summed E-state index contributed by atoms with van der Waals surface area (Å²) in [7, 11) is 0. The lowest BCUT2D eigenvalue weighted by Gasteiger charge is -2.18. The fourth-order valence-corrected chi connectivity index (χ4v) is 2.00. The predicted octanol–water partition coefficient (Wildman–Crippen LogP) is 3.76. The third kappa shape index (κ3) is 6.20. The van der Waals surface area contributed by atoms with E-state index in [1.165, 1.54) is 5.56 Å². The normalized spacial score (nSPS) is 10.8. The summed E-state index contributed by atoms with van der Waals surface area (Å²) >= 11 is 0. The number of esters is 1. The molecular weight excluding hydrogens is 250 g/mol. The van der Waals surface area contributed by atoms with Gasteiger partial charge in [0, 0.05) is 13.0 Å². The van der Waals surface area contributed by atoms with Gasteiger partial charge < -0.3 is 4.74 Å². The van der Waals surface area contributed by atoms with Gasteiger partial charge in [-0.15, -0.1) is 0 Å². The molecule has 0 aliphatic carbocycles. The van der Waals surface area contributed by atoms with E-state index < -0.39 is 0 Å². The van der Waals surface area contributed by atoms with Gasteiger partial charge in [-0.3, -0.25) is 9.69 Å². The van der Waals surface area contributed by atoms with Crippen molar-refractivity contribution < 1.29 is 9.53 Å². The van der Waals surface area contributed by atoms with E-state index in [-0.39, 0.29) is 5.97 Å².